The van der Waals surface area contributed by atoms with Gasteiger partial charge >= 0.3 is 0 Å². The Kier molecular flexibility index (Phi) is 5.83. The SMILES string of the molecule is CN1CCN(C[C@@H]2CN(Cc3cnc(-c4ccco4)nc3)C[C@@H]2CO)CC1. The summed E-state index contributed by atoms with van der Waals surface area (Å²) in [6, 6.07) is 3.71. The maximum atomic E-state index is 9.85. The number of aliphatic hydroxyl groups excluding tert-OH is 1. The van der Waals surface area contributed by atoms with Crippen molar-refractivity contribution in [2.75, 3.05) is 59.5 Å². The summed E-state index contributed by atoms with van der Waals surface area (Å²) in [5.74, 6) is 2.19. The van der Waals surface area contributed by atoms with Gasteiger partial charge in [0.05, 0.1) is 6.26 Å². The third-order valence-corrected chi connectivity index (χ3v) is 5.83. The van der Waals surface area contributed by atoms with Crippen LogP contribution in [0.5, 0.6) is 0 Å². The van der Waals surface area contributed by atoms with Crippen LogP contribution in [0.1, 0.15) is 5.56 Å². The lowest BCUT2D eigenvalue weighted by Gasteiger charge is -2.34. The molecule has 2 saturated heterocycles. The predicted octanol–water partition coefficient (Wildman–Crippen LogP) is 1.02. The maximum Gasteiger partial charge on any atom is 0.195 e. The quantitative estimate of drug-likeness (QED) is 0.813. The Morgan fingerprint density at radius 2 is 1.81 bits per heavy atom. The van der Waals surface area contributed by atoms with E-state index in [1.54, 1.807) is 6.26 Å². The van der Waals surface area contributed by atoms with Gasteiger partial charge < -0.3 is 19.3 Å². The minimum atomic E-state index is 0.267. The van der Waals surface area contributed by atoms with Crippen LogP contribution in [0.4, 0.5) is 0 Å². The molecule has 0 spiro atoms. The Morgan fingerprint density at radius 1 is 1.07 bits per heavy atom. The van der Waals surface area contributed by atoms with E-state index < -0.39 is 0 Å². The number of furan rings is 1. The molecule has 0 radical (unpaired) electrons. The molecule has 1 N–H and O–H groups in total. The topological polar surface area (TPSA) is 68.9 Å². The Balaban J connectivity index is 1.33. The largest absolute Gasteiger partial charge is 0.461 e. The first-order chi connectivity index (χ1) is 13.2. The summed E-state index contributed by atoms with van der Waals surface area (Å²) in [5.41, 5.74) is 1.10. The summed E-state index contributed by atoms with van der Waals surface area (Å²) in [5, 5.41) is 9.85. The molecule has 2 aromatic rings. The highest BCUT2D eigenvalue weighted by atomic mass is 16.3. The fourth-order valence-electron chi connectivity index (χ4n) is 4.17. The zero-order chi connectivity index (χ0) is 18.6. The molecule has 2 aliphatic heterocycles. The highest BCUT2D eigenvalue weighted by Crippen LogP contribution is 2.26. The van der Waals surface area contributed by atoms with Gasteiger partial charge in [-0.1, -0.05) is 0 Å². The second-order valence-electron chi connectivity index (χ2n) is 7.89. The van der Waals surface area contributed by atoms with Gasteiger partial charge in [-0.25, -0.2) is 9.97 Å². The Labute approximate surface area is 160 Å². The van der Waals surface area contributed by atoms with E-state index in [0.29, 0.717) is 23.4 Å². The molecule has 0 aromatic carbocycles. The zero-order valence-corrected chi connectivity index (χ0v) is 16.0. The van der Waals surface area contributed by atoms with Crippen LogP contribution in [0.2, 0.25) is 0 Å². The summed E-state index contributed by atoms with van der Waals surface area (Å²) in [6.07, 6.45) is 5.39. The second-order valence-corrected chi connectivity index (χ2v) is 7.89. The van der Waals surface area contributed by atoms with Gasteiger partial charge in [0.1, 0.15) is 0 Å². The monoisotopic (exact) mass is 371 g/mol. The highest BCUT2D eigenvalue weighted by Gasteiger charge is 2.33. The Morgan fingerprint density at radius 3 is 2.48 bits per heavy atom. The molecule has 4 rings (SSSR count). The van der Waals surface area contributed by atoms with Crippen molar-refractivity contribution >= 4 is 0 Å². The van der Waals surface area contributed by atoms with Crippen LogP contribution in [0.25, 0.3) is 11.6 Å². The van der Waals surface area contributed by atoms with Crippen LogP contribution in [0.15, 0.2) is 35.2 Å². The Hall–Kier alpha value is -1.80. The molecule has 7 heteroatoms. The molecule has 0 saturated carbocycles. The van der Waals surface area contributed by atoms with E-state index in [1.165, 1.54) is 0 Å². The second kappa shape index (κ2) is 8.48. The predicted molar refractivity (Wildman–Crippen MR) is 103 cm³/mol. The third kappa shape index (κ3) is 4.55. The van der Waals surface area contributed by atoms with Crippen LogP contribution >= 0.6 is 0 Å². The average Bonchev–Trinajstić information content (AvgIpc) is 3.34. The minimum Gasteiger partial charge on any atom is -0.461 e. The Bertz CT molecular complexity index is 698. The van der Waals surface area contributed by atoms with Gasteiger partial charge in [0, 0.05) is 76.9 Å². The van der Waals surface area contributed by atoms with Gasteiger partial charge in [-0.2, -0.15) is 0 Å². The molecule has 146 valence electrons. The first-order valence-electron chi connectivity index (χ1n) is 9.80. The lowest BCUT2D eigenvalue weighted by molar-refractivity contribution is 0.116. The van der Waals surface area contributed by atoms with Gasteiger partial charge in [0.25, 0.3) is 0 Å². The van der Waals surface area contributed by atoms with Crippen molar-refractivity contribution < 1.29 is 9.52 Å². The molecule has 7 nitrogen and oxygen atoms in total. The molecule has 0 amide bonds. The lowest BCUT2D eigenvalue weighted by Crippen LogP contribution is -2.47. The number of rotatable bonds is 6. The van der Waals surface area contributed by atoms with E-state index in [2.05, 4.69) is 31.7 Å². The number of aromatic nitrogens is 2. The molecule has 2 aromatic heterocycles. The molecule has 27 heavy (non-hydrogen) atoms. The normalized spacial score (nSPS) is 25.3. The summed E-state index contributed by atoms with van der Waals surface area (Å²) >= 11 is 0. The van der Waals surface area contributed by atoms with Crippen LogP contribution in [0, 0.1) is 11.8 Å². The van der Waals surface area contributed by atoms with E-state index >= 15 is 0 Å². The van der Waals surface area contributed by atoms with Gasteiger partial charge in [-0.15, -0.1) is 0 Å². The fraction of sp³-hybridized carbons (Fsp3) is 0.600. The van der Waals surface area contributed by atoms with Crippen molar-refractivity contribution in [3.05, 3.63) is 36.4 Å². The fourth-order valence-corrected chi connectivity index (χ4v) is 4.17. The molecule has 0 unspecified atom stereocenters. The molecular formula is C20H29N5O2. The van der Waals surface area contributed by atoms with Crippen molar-refractivity contribution in [3.63, 3.8) is 0 Å². The standard InChI is InChI=1S/C20H29N5O2/c1-23-4-6-24(7-5-23)12-17-13-25(14-18(17)15-26)11-16-9-21-20(22-10-16)19-3-2-8-27-19/h2-3,8-10,17-18,26H,4-7,11-15H2,1H3/t17-,18-/m1/s1. The summed E-state index contributed by atoms with van der Waals surface area (Å²) in [6.45, 7) is 8.69. The number of likely N-dealkylation sites (tertiary alicyclic amines) is 1. The van der Waals surface area contributed by atoms with Crippen molar-refractivity contribution in [2.24, 2.45) is 11.8 Å². The number of hydrogen-bond donors (Lipinski definition) is 1. The van der Waals surface area contributed by atoms with Crippen molar-refractivity contribution in [3.8, 4) is 11.6 Å². The maximum absolute atomic E-state index is 9.85. The highest BCUT2D eigenvalue weighted by molar-refractivity contribution is 5.45. The van der Waals surface area contributed by atoms with E-state index in [-0.39, 0.29) is 6.61 Å². The van der Waals surface area contributed by atoms with Crippen molar-refractivity contribution in [1.29, 1.82) is 0 Å². The average molecular weight is 371 g/mol. The zero-order valence-electron chi connectivity index (χ0n) is 16.0. The molecule has 2 fully saturated rings. The van der Waals surface area contributed by atoms with E-state index in [9.17, 15) is 5.11 Å². The number of likely N-dealkylation sites (N-methyl/N-ethyl adjacent to an activating group) is 1. The summed E-state index contributed by atoms with van der Waals surface area (Å²) < 4.78 is 5.34. The van der Waals surface area contributed by atoms with Crippen molar-refractivity contribution in [2.45, 2.75) is 6.54 Å². The van der Waals surface area contributed by atoms with Crippen LogP contribution < -0.4 is 0 Å². The number of hydrogen-bond acceptors (Lipinski definition) is 7. The lowest BCUT2D eigenvalue weighted by atomic mass is 9.96. The molecule has 2 aliphatic rings. The first-order valence-corrected chi connectivity index (χ1v) is 9.80. The van der Waals surface area contributed by atoms with Gasteiger partial charge in [-0.3, -0.25) is 4.90 Å². The van der Waals surface area contributed by atoms with Gasteiger partial charge in [0.2, 0.25) is 0 Å². The van der Waals surface area contributed by atoms with Crippen molar-refractivity contribution in [1.82, 2.24) is 24.7 Å². The summed E-state index contributed by atoms with van der Waals surface area (Å²) in [4.78, 5) is 16.2. The van der Waals surface area contributed by atoms with Crippen LogP contribution in [-0.4, -0.2) is 89.2 Å². The van der Waals surface area contributed by atoms with Gasteiger partial charge in [-0.05, 0) is 31.0 Å². The molecule has 0 bridgehead atoms. The third-order valence-electron chi connectivity index (χ3n) is 5.83. The molecule has 2 atom stereocenters. The number of aliphatic hydroxyl groups is 1. The first kappa shape index (κ1) is 18.6. The molecule has 4 heterocycles. The van der Waals surface area contributed by atoms with Crippen LogP contribution in [0.3, 0.4) is 0 Å². The van der Waals surface area contributed by atoms with E-state index in [0.717, 1.165) is 57.9 Å². The number of nitrogens with zero attached hydrogens (tertiary/aromatic N) is 5. The molecular weight excluding hydrogens is 342 g/mol. The minimum absolute atomic E-state index is 0.267. The van der Waals surface area contributed by atoms with E-state index in [4.69, 9.17) is 4.42 Å². The van der Waals surface area contributed by atoms with Gasteiger partial charge in [0.15, 0.2) is 11.6 Å². The van der Waals surface area contributed by atoms with Crippen LogP contribution in [-0.2, 0) is 6.54 Å². The number of piperazine rings is 1. The van der Waals surface area contributed by atoms with E-state index in [1.807, 2.05) is 24.5 Å². The smallest absolute Gasteiger partial charge is 0.195 e. The summed E-state index contributed by atoms with van der Waals surface area (Å²) in [7, 11) is 2.18. The molecule has 0 aliphatic carbocycles.